The molecule has 0 saturated heterocycles. The van der Waals surface area contributed by atoms with Gasteiger partial charge < -0.3 is 9.84 Å². The molecule has 5 heteroatoms. The first kappa shape index (κ1) is 12.0. The van der Waals surface area contributed by atoms with Crippen molar-refractivity contribution in [2.45, 2.75) is 17.2 Å². The zero-order valence-electron chi connectivity index (χ0n) is 8.64. The highest BCUT2D eigenvalue weighted by atomic mass is 32.2. The number of aromatic nitrogens is 1. The van der Waals surface area contributed by atoms with E-state index in [0.717, 1.165) is 0 Å². The highest BCUT2D eigenvalue weighted by molar-refractivity contribution is 7.99. The van der Waals surface area contributed by atoms with E-state index in [1.165, 1.54) is 18.9 Å². The third-order valence-electron chi connectivity index (χ3n) is 1.73. The van der Waals surface area contributed by atoms with E-state index in [9.17, 15) is 4.79 Å². The Morgan fingerprint density at radius 3 is 3.07 bits per heavy atom. The van der Waals surface area contributed by atoms with E-state index in [0.29, 0.717) is 10.6 Å². The van der Waals surface area contributed by atoms with E-state index < -0.39 is 0 Å². The molecule has 1 aromatic heterocycles. The van der Waals surface area contributed by atoms with Gasteiger partial charge in [-0.1, -0.05) is 6.92 Å². The number of rotatable bonds is 4. The van der Waals surface area contributed by atoms with E-state index in [-0.39, 0.29) is 17.8 Å². The van der Waals surface area contributed by atoms with Crippen LogP contribution >= 0.6 is 11.8 Å². The van der Waals surface area contributed by atoms with Gasteiger partial charge in [-0.3, -0.25) is 0 Å². The van der Waals surface area contributed by atoms with Crippen molar-refractivity contribution in [1.82, 2.24) is 4.98 Å². The van der Waals surface area contributed by atoms with E-state index in [2.05, 4.69) is 9.72 Å². The number of carbonyl (C=O) groups excluding carboxylic acids is 1. The monoisotopic (exact) mass is 227 g/mol. The SMILES string of the molecule is COC(=O)c1ccnc(SC(C)CO)c1. The molecule has 15 heavy (non-hydrogen) atoms. The van der Waals surface area contributed by atoms with Gasteiger partial charge in [0.05, 0.1) is 24.3 Å². The molecule has 0 radical (unpaired) electrons. The summed E-state index contributed by atoms with van der Waals surface area (Å²) in [7, 11) is 1.34. The summed E-state index contributed by atoms with van der Waals surface area (Å²) in [5, 5.41) is 9.65. The van der Waals surface area contributed by atoms with Gasteiger partial charge in [-0.25, -0.2) is 9.78 Å². The van der Waals surface area contributed by atoms with Crippen molar-refractivity contribution in [3.63, 3.8) is 0 Å². The van der Waals surface area contributed by atoms with Crippen LogP contribution in [0.5, 0.6) is 0 Å². The maximum absolute atomic E-state index is 11.2. The molecule has 0 saturated carbocycles. The third-order valence-corrected chi connectivity index (χ3v) is 2.75. The van der Waals surface area contributed by atoms with Gasteiger partial charge in [0.15, 0.2) is 0 Å². The Hall–Kier alpha value is -1.07. The lowest BCUT2D eigenvalue weighted by Crippen LogP contribution is -2.04. The van der Waals surface area contributed by atoms with Crippen LogP contribution in [0.2, 0.25) is 0 Å². The fourth-order valence-electron chi connectivity index (χ4n) is 0.962. The molecule has 0 spiro atoms. The van der Waals surface area contributed by atoms with Crippen molar-refractivity contribution < 1.29 is 14.6 Å². The second kappa shape index (κ2) is 5.72. The zero-order valence-corrected chi connectivity index (χ0v) is 9.45. The molecule has 4 nitrogen and oxygen atoms in total. The van der Waals surface area contributed by atoms with Gasteiger partial charge in [-0.05, 0) is 12.1 Å². The van der Waals surface area contributed by atoms with Crippen molar-refractivity contribution in [2.24, 2.45) is 0 Å². The molecule has 0 aliphatic carbocycles. The molecule has 0 aliphatic heterocycles. The minimum atomic E-state index is -0.379. The number of hydrogen-bond acceptors (Lipinski definition) is 5. The largest absolute Gasteiger partial charge is 0.465 e. The second-order valence-corrected chi connectivity index (χ2v) is 4.44. The summed E-state index contributed by atoms with van der Waals surface area (Å²) in [4.78, 5) is 15.3. The molecule has 1 rings (SSSR count). The third kappa shape index (κ3) is 3.53. The number of nitrogens with zero attached hydrogens (tertiary/aromatic N) is 1. The first-order valence-corrected chi connectivity index (χ1v) is 5.37. The molecular weight excluding hydrogens is 214 g/mol. The maximum Gasteiger partial charge on any atom is 0.337 e. The Bertz CT molecular complexity index is 343. The van der Waals surface area contributed by atoms with E-state index in [1.54, 1.807) is 18.3 Å². The van der Waals surface area contributed by atoms with Crippen LogP contribution in [0.4, 0.5) is 0 Å². The summed E-state index contributed by atoms with van der Waals surface area (Å²) in [6.07, 6.45) is 1.55. The van der Waals surface area contributed by atoms with Gasteiger partial charge in [-0.2, -0.15) is 0 Å². The van der Waals surface area contributed by atoms with Crippen LogP contribution in [0.1, 0.15) is 17.3 Å². The van der Waals surface area contributed by atoms with Crippen molar-refractivity contribution in [2.75, 3.05) is 13.7 Å². The lowest BCUT2D eigenvalue weighted by atomic mass is 10.3. The number of methoxy groups -OCH3 is 1. The predicted molar refractivity (Wildman–Crippen MR) is 58.0 cm³/mol. The number of hydrogen-bond donors (Lipinski definition) is 1. The highest BCUT2D eigenvalue weighted by Crippen LogP contribution is 2.21. The van der Waals surface area contributed by atoms with Crippen LogP contribution < -0.4 is 0 Å². The van der Waals surface area contributed by atoms with Gasteiger partial charge >= 0.3 is 5.97 Å². The quantitative estimate of drug-likeness (QED) is 0.621. The summed E-state index contributed by atoms with van der Waals surface area (Å²) in [6, 6.07) is 3.25. The van der Waals surface area contributed by atoms with E-state index >= 15 is 0 Å². The summed E-state index contributed by atoms with van der Waals surface area (Å²) < 4.78 is 4.60. The minimum Gasteiger partial charge on any atom is -0.465 e. The molecular formula is C10H13NO3S. The number of ether oxygens (including phenoxy) is 1. The van der Waals surface area contributed by atoms with E-state index in [1.807, 2.05) is 6.92 Å². The molecule has 0 fully saturated rings. The van der Waals surface area contributed by atoms with Gasteiger partial charge in [0, 0.05) is 11.4 Å². The molecule has 1 N–H and O–H groups in total. The molecule has 1 aromatic rings. The Morgan fingerprint density at radius 2 is 2.47 bits per heavy atom. The lowest BCUT2D eigenvalue weighted by Gasteiger charge is -2.07. The molecule has 1 unspecified atom stereocenters. The average Bonchev–Trinajstić information content (AvgIpc) is 2.28. The molecule has 0 aliphatic rings. The Morgan fingerprint density at radius 1 is 1.73 bits per heavy atom. The maximum atomic E-state index is 11.2. The van der Waals surface area contributed by atoms with E-state index in [4.69, 9.17) is 5.11 Å². The zero-order chi connectivity index (χ0) is 11.3. The van der Waals surface area contributed by atoms with Gasteiger partial charge in [-0.15, -0.1) is 11.8 Å². The summed E-state index contributed by atoms with van der Waals surface area (Å²) >= 11 is 1.42. The highest BCUT2D eigenvalue weighted by Gasteiger charge is 2.08. The molecule has 0 bridgehead atoms. The molecule has 0 amide bonds. The predicted octanol–water partition coefficient (Wildman–Crippen LogP) is 1.34. The lowest BCUT2D eigenvalue weighted by molar-refractivity contribution is 0.0600. The first-order valence-electron chi connectivity index (χ1n) is 4.49. The van der Waals surface area contributed by atoms with Gasteiger partial charge in [0.25, 0.3) is 0 Å². The Kier molecular flexibility index (Phi) is 4.58. The molecule has 0 aromatic carbocycles. The van der Waals surface area contributed by atoms with Crippen LogP contribution in [-0.4, -0.2) is 35.0 Å². The van der Waals surface area contributed by atoms with Crippen LogP contribution in [0.15, 0.2) is 23.4 Å². The summed E-state index contributed by atoms with van der Waals surface area (Å²) in [6.45, 7) is 1.96. The summed E-state index contributed by atoms with van der Waals surface area (Å²) in [5.74, 6) is -0.379. The van der Waals surface area contributed by atoms with Crippen LogP contribution in [0.25, 0.3) is 0 Å². The molecule has 1 heterocycles. The molecule has 1 atom stereocenters. The number of pyridine rings is 1. The van der Waals surface area contributed by atoms with Gasteiger partial charge in [0.1, 0.15) is 0 Å². The number of aliphatic hydroxyl groups is 1. The van der Waals surface area contributed by atoms with Crippen molar-refractivity contribution in [3.05, 3.63) is 23.9 Å². The fourth-order valence-corrected chi connectivity index (χ4v) is 1.77. The average molecular weight is 227 g/mol. The number of aliphatic hydroxyl groups excluding tert-OH is 1. The van der Waals surface area contributed by atoms with Crippen LogP contribution in [-0.2, 0) is 4.74 Å². The van der Waals surface area contributed by atoms with Crippen molar-refractivity contribution in [3.8, 4) is 0 Å². The number of carbonyl (C=O) groups is 1. The van der Waals surface area contributed by atoms with Crippen molar-refractivity contribution in [1.29, 1.82) is 0 Å². The Balaban J connectivity index is 2.78. The fraction of sp³-hybridized carbons (Fsp3) is 0.400. The van der Waals surface area contributed by atoms with Gasteiger partial charge in [0.2, 0.25) is 0 Å². The smallest absolute Gasteiger partial charge is 0.337 e. The second-order valence-electron chi connectivity index (χ2n) is 2.99. The van der Waals surface area contributed by atoms with Crippen LogP contribution in [0.3, 0.4) is 0 Å². The number of esters is 1. The standard InChI is InChI=1S/C10H13NO3S/c1-7(6-12)15-9-5-8(3-4-11-9)10(13)14-2/h3-5,7,12H,6H2,1-2H3. The minimum absolute atomic E-state index is 0.0606. The van der Waals surface area contributed by atoms with Crippen molar-refractivity contribution >= 4 is 17.7 Å². The normalized spacial score (nSPS) is 12.2. The summed E-state index contributed by atoms with van der Waals surface area (Å²) in [5.41, 5.74) is 0.472. The Labute approximate surface area is 92.7 Å². The van der Waals surface area contributed by atoms with Crippen LogP contribution in [0, 0.1) is 0 Å². The molecule has 82 valence electrons. The topological polar surface area (TPSA) is 59.4 Å². The first-order chi connectivity index (χ1) is 7.17. The number of thioether (sulfide) groups is 1.